The molecule has 1 unspecified atom stereocenters. The molecule has 1 atom stereocenters. The van der Waals surface area contributed by atoms with Gasteiger partial charge in [0.1, 0.15) is 4.88 Å². The third-order valence-corrected chi connectivity index (χ3v) is 5.85. The standard InChI is InChI=1S/C12H18N2O4S2/c1-14-4-2-3-9(7-14)6-13-20(17,18)10-5-11(12(15)16)19-8-10/h5,8-9,13H,2-4,6-7H2,1H3,(H,15,16). The number of nitrogens with zero attached hydrogens (tertiary/aromatic N) is 1. The molecule has 0 radical (unpaired) electrons. The minimum atomic E-state index is -3.61. The van der Waals surface area contributed by atoms with Crippen molar-refractivity contribution in [2.75, 3.05) is 26.7 Å². The molecule has 1 aromatic rings. The molecule has 2 N–H and O–H groups in total. The fraction of sp³-hybridized carbons (Fsp3) is 0.583. The summed E-state index contributed by atoms with van der Waals surface area (Å²) >= 11 is 0.919. The molecule has 2 rings (SSSR count). The lowest BCUT2D eigenvalue weighted by Gasteiger charge is -2.29. The molecule has 0 saturated carbocycles. The van der Waals surface area contributed by atoms with Crippen molar-refractivity contribution in [2.24, 2.45) is 5.92 Å². The number of carboxylic acids is 1. The predicted molar refractivity (Wildman–Crippen MR) is 76.7 cm³/mol. The number of hydrogen-bond donors (Lipinski definition) is 2. The quantitative estimate of drug-likeness (QED) is 0.848. The van der Waals surface area contributed by atoms with Crippen LogP contribution in [0.3, 0.4) is 0 Å². The molecule has 1 aromatic heterocycles. The maximum absolute atomic E-state index is 12.1. The van der Waals surface area contributed by atoms with Crippen LogP contribution in [0.15, 0.2) is 16.3 Å². The van der Waals surface area contributed by atoms with Crippen LogP contribution >= 0.6 is 11.3 Å². The number of nitrogens with one attached hydrogen (secondary N) is 1. The second-order valence-electron chi connectivity index (χ2n) is 5.07. The van der Waals surface area contributed by atoms with E-state index in [1.54, 1.807) is 0 Å². The van der Waals surface area contributed by atoms with Crippen molar-refractivity contribution >= 4 is 27.3 Å². The van der Waals surface area contributed by atoms with E-state index in [0.29, 0.717) is 12.5 Å². The molecule has 8 heteroatoms. The Hall–Kier alpha value is -0.960. The molecular formula is C12H18N2O4S2. The fourth-order valence-corrected chi connectivity index (χ4v) is 4.55. The summed E-state index contributed by atoms with van der Waals surface area (Å²) < 4.78 is 26.7. The summed E-state index contributed by atoms with van der Waals surface area (Å²) in [6, 6.07) is 1.20. The van der Waals surface area contributed by atoms with Crippen molar-refractivity contribution in [1.82, 2.24) is 9.62 Å². The van der Waals surface area contributed by atoms with E-state index in [2.05, 4.69) is 9.62 Å². The highest BCUT2D eigenvalue weighted by atomic mass is 32.2. The molecule has 1 saturated heterocycles. The van der Waals surface area contributed by atoms with Crippen LogP contribution in [0.25, 0.3) is 0 Å². The smallest absolute Gasteiger partial charge is 0.345 e. The second-order valence-corrected chi connectivity index (χ2v) is 7.75. The molecule has 1 aliphatic rings. The van der Waals surface area contributed by atoms with Gasteiger partial charge >= 0.3 is 5.97 Å². The van der Waals surface area contributed by atoms with Crippen molar-refractivity contribution in [3.63, 3.8) is 0 Å². The molecule has 20 heavy (non-hydrogen) atoms. The molecule has 0 bridgehead atoms. The van der Waals surface area contributed by atoms with Crippen molar-refractivity contribution < 1.29 is 18.3 Å². The minimum absolute atomic E-state index is 0.0303. The molecule has 112 valence electrons. The lowest BCUT2D eigenvalue weighted by Crippen LogP contribution is -2.39. The van der Waals surface area contributed by atoms with Gasteiger partial charge in [-0.05, 0) is 38.4 Å². The second kappa shape index (κ2) is 6.21. The molecule has 1 fully saturated rings. The summed E-state index contributed by atoms with van der Waals surface area (Å²) in [5.74, 6) is -0.800. The highest BCUT2D eigenvalue weighted by Gasteiger charge is 2.22. The summed E-state index contributed by atoms with van der Waals surface area (Å²) in [6.07, 6.45) is 2.08. The number of carboxylic acid groups (broad SMARTS) is 1. The van der Waals surface area contributed by atoms with Gasteiger partial charge in [0.15, 0.2) is 0 Å². The van der Waals surface area contributed by atoms with E-state index >= 15 is 0 Å². The summed E-state index contributed by atoms with van der Waals surface area (Å²) in [5, 5.41) is 10.2. The largest absolute Gasteiger partial charge is 0.477 e. The Morgan fingerprint density at radius 3 is 2.95 bits per heavy atom. The zero-order chi connectivity index (χ0) is 14.8. The number of aromatic carboxylic acids is 1. The molecule has 0 aliphatic carbocycles. The fourth-order valence-electron chi connectivity index (χ4n) is 2.32. The van der Waals surface area contributed by atoms with Gasteiger partial charge in [0.05, 0.1) is 4.90 Å². The van der Waals surface area contributed by atoms with Gasteiger partial charge in [0, 0.05) is 18.5 Å². The van der Waals surface area contributed by atoms with Crippen LogP contribution in [0.2, 0.25) is 0 Å². The van der Waals surface area contributed by atoms with Gasteiger partial charge in [0.25, 0.3) is 0 Å². The normalized spacial score (nSPS) is 20.9. The Balaban J connectivity index is 1.98. The average Bonchev–Trinajstić information content (AvgIpc) is 2.87. The third-order valence-electron chi connectivity index (χ3n) is 3.38. The van der Waals surface area contributed by atoms with Crippen molar-refractivity contribution in [3.05, 3.63) is 16.3 Å². The molecule has 0 amide bonds. The summed E-state index contributed by atoms with van der Waals surface area (Å²) in [4.78, 5) is 13.0. The Kier molecular flexibility index (Phi) is 4.79. The SMILES string of the molecule is CN1CCCC(CNS(=O)(=O)c2csc(C(=O)O)c2)C1. The lowest BCUT2D eigenvalue weighted by atomic mass is 9.99. The molecule has 0 aromatic carbocycles. The van der Waals surface area contributed by atoms with Crippen LogP contribution in [0.4, 0.5) is 0 Å². The highest BCUT2D eigenvalue weighted by Crippen LogP contribution is 2.20. The first-order valence-corrected chi connectivity index (χ1v) is 8.75. The van der Waals surface area contributed by atoms with Crippen LogP contribution in [0, 0.1) is 5.92 Å². The Morgan fingerprint density at radius 2 is 2.35 bits per heavy atom. The lowest BCUT2D eigenvalue weighted by molar-refractivity contribution is 0.0702. The Labute approximate surface area is 122 Å². The van der Waals surface area contributed by atoms with E-state index in [1.165, 1.54) is 11.4 Å². The number of thiophene rings is 1. The van der Waals surface area contributed by atoms with Gasteiger partial charge in [-0.25, -0.2) is 17.9 Å². The van der Waals surface area contributed by atoms with E-state index in [4.69, 9.17) is 5.11 Å². The first-order chi connectivity index (χ1) is 9.38. The van der Waals surface area contributed by atoms with E-state index in [-0.39, 0.29) is 9.77 Å². The highest BCUT2D eigenvalue weighted by molar-refractivity contribution is 7.89. The van der Waals surface area contributed by atoms with Crippen LogP contribution in [-0.2, 0) is 10.0 Å². The first kappa shape index (κ1) is 15.4. The number of piperidine rings is 1. The number of sulfonamides is 1. The predicted octanol–water partition coefficient (Wildman–Crippen LogP) is 1.07. The third kappa shape index (κ3) is 3.78. The maximum Gasteiger partial charge on any atom is 0.345 e. The van der Waals surface area contributed by atoms with Crippen LogP contribution in [-0.4, -0.2) is 51.1 Å². The summed E-state index contributed by atoms with van der Waals surface area (Å²) in [5.41, 5.74) is 0. The van der Waals surface area contributed by atoms with Gasteiger partial charge in [-0.3, -0.25) is 0 Å². The molecule has 2 heterocycles. The van der Waals surface area contributed by atoms with Gasteiger partial charge in [-0.2, -0.15) is 0 Å². The van der Waals surface area contributed by atoms with Crippen molar-refractivity contribution in [2.45, 2.75) is 17.7 Å². The van der Waals surface area contributed by atoms with E-state index in [9.17, 15) is 13.2 Å². The number of rotatable bonds is 5. The summed E-state index contributed by atoms with van der Waals surface area (Å²) in [6.45, 7) is 2.33. The van der Waals surface area contributed by atoms with Crippen molar-refractivity contribution in [3.8, 4) is 0 Å². The zero-order valence-corrected chi connectivity index (χ0v) is 12.8. The summed E-state index contributed by atoms with van der Waals surface area (Å²) in [7, 11) is -1.58. The van der Waals surface area contributed by atoms with Crippen LogP contribution < -0.4 is 4.72 Å². The van der Waals surface area contributed by atoms with Gasteiger partial charge in [0.2, 0.25) is 10.0 Å². The molecule has 6 nitrogen and oxygen atoms in total. The molecule has 0 spiro atoms. The first-order valence-electron chi connectivity index (χ1n) is 6.38. The number of hydrogen-bond acceptors (Lipinski definition) is 5. The molecular weight excluding hydrogens is 300 g/mol. The monoisotopic (exact) mass is 318 g/mol. The van der Waals surface area contributed by atoms with Crippen molar-refractivity contribution in [1.29, 1.82) is 0 Å². The Morgan fingerprint density at radius 1 is 1.60 bits per heavy atom. The van der Waals surface area contributed by atoms with Gasteiger partial charge in [-0.1, -0.05) is 0 Å². The average molecular weight is 318 g/mol. The minimum Gasteiger partial charge on any atom is -0.477 e. The zero-order valence-electron chi connectivity index (χ0n) is 11.2. The van der Waals surface area contributed by atoms with E-state index < -0.39 is 16.0 Å². The maximum atomic E-state index is 12.1. The topological polar surface area (TPSA) is 86.7 Å². The van der Waals surface area contributed by atoms with Gasteiger partial charge < -0.3 is 10.0 Å². The van der Waals surface area contributed by atoms with E-state index in [0.717, 1.165) is 37.3 Å². The van der Waals surface area contributed by atoms with E-state index in [1.807, 2.05) is 7.05 Å². The number of carbonyl (C=O) groups is 1. The van der Waals surface area contributed by atoms with Gasteiger partial charge in [-0.15, -0.1) is 11.3 Å². The number of likely N-dealkylation sites (tertiary alicyclic amines) is 1. The van der Waals surface area contributed by atoms with Crippen LogP contribution in [0.1, 0.15) is 22.5 Å². The Bertz CT molecular complexity index is 582. The van der Waals surface area contributed by atoms with Crippen LogP contribution in [0.5, 0.6) is 0 Å². The molecule has 1 aliphatic heterocycles.